The van der Waals surface area contributed by atoms with Gasteiger partial charge in [0.1, 0.15) is 23.3 Å². The lowest BCUT2D eigenvalue weighted by molar-refractivity contribution is 0.312. The lowest BCUT2D eigenvalue weighted by Gasteiger charge is -2.08. The van der Waals surface area contributed by atoms with Gasteiger partial charge in [-0.25, -0.2) is 9.07 Å². The number of nitrogens with one attached hydrogen (secondary N) is 1. The van der Waals surface area contributed by atoms with Crippen LogP contribution in [0, 0.1) is 5.82 Å². The van der Waals surface area contributed by atoms with Crippen molar-refractivity contribution in [2.45, 2.75) is 13.0 Å². The Hall–Kier alpha value is -1.92. The second-order valence-electron chi connectivity index (χ2n) is 4.62. The van der Waals surface area contributed by atoms with E-state index in [0.717, 1.165) is 13.0 Å². The zero-order valence-corrected chi connectivity index (χ0v) is 12.7. The third-order valence-corrected chi connectivity index (χ3v) is 3.12. The Bertz CT molecular complexity index is 646. The summed E-state index contributed by atoms with van der Waals surface area (Å²) >= 11 is 5.74. The maximum absolute atomic E-state index is 12.7. The molecule has 0 atom stereocenters. The molecule has 7 heteroatoms. The molecule has 0 spiro atoms. The van der Waals surface area contributed by atoms with Crippen LogP contribution in [0.15, 0.2) is 41.2 Å². The number of aromatic nitrogens is 2. The molecule has 0 saturated heterocycles. The third-order valence-electron chi connectivity index (χ3n) is 2.92. The van der Waals surface area contributed by atoms with E-state index in [0.29, 0.717) is 30.6 Å². The first-order valence-corrected chi connectivity index (χ1v) is 7.36. The van der Waals surface area contributed by atoms with Crippen molar-refractivity contribution in [3.05, 3.63) is 57.7 Å². The summed E-state index contributed by atoms with van der Waals surface area (Å²) in [6, 6.07) is 8.78. The van der Waals surface area contributed by atoms with Crippen molar-refractivity contribution >= 4 is 11.6 Å². The highest BCUT2D eigenvalue weighted by molar-refractivity contribution is 6.29. The molecule has 0 bridgehead atoms. The van der Waals surface area contributed by atoms with E-state index in [1.54, 1.807) is 12.1 Å². The second-order valence-corrected chi connectivity index (χ2v) is 5.01. The number of hydrogen-bond donors (Lipinski definition) is 1. The van der Waals surface area contributed by atoms with Crippen LogP contribution in [-0.4, -0.2) is 29.5 Å². The van der Waals surface area contributed by atoms with Crippen LogP contribution in [0.3, 0.4) is 0 Å². The van der Waals surface area contributed by atoms with E-state index in [9.17, 15) is 9.18 Å². The molecule has 1 N–H and O–H groups in total. The summed E-state index contributed by atoms with van der Waals surface area (Å²) in [5.74, 6) is 0.355. The molecule has 1 heterocycles. The van der Waals surface area contributed by atoms with Crippen LogP contribution < -0.4 is 15.6 Å². The smallest absolute Gasteiger partial charge is 0.266 e. The molecule has 0 radical (unpaired) electrons. The van der Waals surface area contributed by atoms with E-state index in [-0.39, 0.29) is 11.4 Å². The number of hydrogen-bond acceptors (Lipinski definition) is 4. The fourth-order valence-electron chi connectivity index (χ4n) is 1.83. The molecule has 0 aliphatic carbocycles. The maximum Gasteiger partial charge on any atom is 0.266 e. The molecule has 2 aromatic rings. The first-order chi connectivity index (χ1) is 10.6. The highest BCUT2D eigenvalue weighted by Gasteiger charge is 1.99. The highest BCUT2D eigenvalue weighted by Crippen LogP contribution is 2.10. The van der Waals surface area contributed by atoms with Gasteiger partial charge in [-0.05, 0) is 43.3 Å². The number of halogens is 2. The van der Waals surface area contributed by atoms with Crippen LogP contribution in [0.4, 0.5) is 4.39 Å². The monoisotopic (exact) mass is 325 g/mol. The fraction of sp³-hybridized carbons (Fsp3) is 0.333. The van der Waals surface area contributed by atoms with Crippen molar-refractivity contribution < 1.29 is 9.13 Å². The van der Waals surface area contributed by atoms with Crippen molar-refractivity contribution in [3.8, 4) is 5.75 Å². The molecule has 2 rings (SSSR count). The molecule has 0 amide bonds. The summed E-state index contributed by atoms with van der Waals surface area (Å²) in [4.78, 5) is 11.5. The van der Waals surface area contributed by atoms with Gasteiger partial charge in [-0.1, -0.05) is 11.6 Å². The zero-order valence-electron chi connectivity index (χ0n) is 12.0. The molecule has 0 aliphatic rings. The van der Waals surface area contributed by atoms with Gasteiger partial charge in [0.15, 0.2) is 0 Å². The minimum atomic E-state index is -0.282. The first-order valence-electron chi connectivity index (χ1n) is 6.98. The standard InChI is InChI=1S/C15H17ClFN3O2/c16-14-6-7-15(21)20(19-14)10-1-8-18-9-11-22-13-4-2-12(17)3-5-13/h2-7,18H,1,8-11H2. The van der Waals surface area contributed by atoms with Gasteiger partial charge in [0.05, 0.1) is 0 Å². The van der Waals surface area contributed by atoms with Crippen molar-refractivity contribution in [3.63, 3.8) is 0 Å². The Kier molecular flexibility index (Phi) is 6.36. The first kappa shape index (κ1) is 16.5. The summed E-state index contributed by atoms with van der Waals surface area (Å²) in [6.45, 7) is 2.38. The van der Waals surface area contributed by atoms with Crippen molar-refractivity contribution in [1.29, 1.82) is 0 Å². The minimum absolute atomic E-state index is 0.163. The molecular weight excluding hydrogens is 309 g/mol. The third kappa shape index (κ3) is 5.46. The van der Waals surface area contributed by atoms with Crippen LogP contribution in [0.5, 0.6) is 5.75 Å². The Morgan fingerprint density at radius 3 is 2.73 bits per heavy atom. The van der Waals surface area contributed by atoms with Gasteiger partial charge in [-0.15, -0.1) is 0 Å². The quantitative estimate of drug-likeness (QED) is 0.755. The molecule has 1 aromatic carbocycles. The van der Waals surface area contributed by atoms with E-state index >= 15 is 0 Å². The van der Waals surface area contributed by atoms with Crippen molar-refractivity contribution in [2.24, 2.45) is 0 Å². The molecule has 1 aromatic heterocycles. The average Bonchev–Trinajstić information content (AvgIpc) is 2.51. The maximum atomic E-state index is 12.7. The molecule has 0 unspecified atom stereocenters. The summed E-state index contributed by atoms with van der Waals surface area (Å²) in [7, 11) is 0. The second kappa shape index (κ2) is 8.51. The summed E-state index contributed by atoms with van der Waals surface area (Å²) in [5.41, 5.74) is -0.163. The average molecular weight is 326 g/mol. The summed E-state index contributed by atoms with van der Waals surface area (Å²) in [5, 5.41) is 7.44. The van der Waals surface area contributed by atoms with Crippen molar-refractivity contribution in [1.82, 2.24) is 15.1 Å². The van der Waals surface area contributed by atoms with Gasteiger partial charge in [-0.2, -0.15) is 5.10 Å². The predicted molar refractivity (Wildman–Crippen MR) is 82.9 cm³/mol. The van der Waals surface area contributed by atoms with Gasteiger partial charge < -0.3 is 10.1 Å². The van der Waals surface area contributed by atoms with Crippen LogP contribution >= 0.6 is 11.6 Å². The van der Waals surface area contributed by atoms with E-state index in [2.05, 4.69) is 10.4 Å². The van der Waals surface area contributed by atoms with Gasteiger partial charge >= 0.3 is 0 Å². The van der Waals surface area contributed by atoms with Crippen LogP contribution in [-0.2, 0) is 6.54 Å². The molecule has 22 heavy (non-hydrogen) atoms. The van der Waals surface area contributed by atoms with Gasteiger partial charge in [0.25, 0.3) is 5.56 Å². The van der Waals surface area contributed by atoms with Gasteiger partial charge in [0.2, 0.25) is 0 Å². The SMILES string of the molecule is O=c1ccc(Cl)nn1CCCNCCOc1ccc(F)cc1. The Balaban J connectivity index is 1.58. The molecule has 0 saturated carbocycles. The number of ether oxygens (including phenoxy) is 1. The van der Waals surface area contributed by atoms with Crippen LogP contribution in [0.2, 0.25) is 5.15 Å². The molecule has 5 nitrogen and oxygen atoms in total. The number of benzene rings is 1. The summed E-state index contributed by atoms with van der Waals surface area (Å²) in [6.07, 6.45) is 0.754. The molecular formula is C15H17ClFN3O2. The van der Waals surface area contributed by atoms with Crippen LogP contribution in [0.1, 0.15) is 6.42 Å². The minimum Gasteiger partial charge on any atom is -0.492 e. The Labute approximate surface area is 132 Å². The van der Waals surface area contributed by atoms with E-state index in [4.69, 9.17) is 16.3 Å². The Morgan fingerprint density at radius 2 is 1.95 bits per heavy atom. The lowest BCUT2D eigenvalue weighted by Crippen LogP contribution is -2.26. The van der Waals surface area contributed by atoms with E-state index in [1.165, 1.54) is 28.9 Å². The van der Waals surface area contributed by atoms with Gasteiger partial charge in [-0.3, -0.25) is 4.79 Å². The predicted octanol–water partition coefficient (Wildman–Crippen LogP) is 2.09. The number of nitrogens with zero attached hydrogens (tertiary/aromatic N) is 2. The topological polar surface area (TPSA) is 56.2 Å². The number of aryl methyl sites for hydroxylation is 1. The fourth-order valence-corrected chi connectivity index (χ4v) is 1.99. The Morgan fingerprint density at radius 1 is 1.18 bits per heavy atom. The summed E-state index contributed by atoms with van der Waals surface area (Å²) < 4.78 is 19.5. The van der Waals surface area contributed by atoms with Gasteiger partial charge in [0, 0.05) is 19.2 Å². The lowest BCUT2D eigenvalue weighted by atomic mass is 10.3. The van der Waals surface area contributed by atoms with Crippen molar-refractivity contribution in [2.75, 3.05) is 19.7 Å². The normalized spacial score (nSPS) is 10.6. The van der Waals surface area contributed by atoms with Crippen LogP contribution in [0.25, 0.3) is 0 Å². The molecule has 118 valence electrons. The molecule has 0 aliphatic heterocycles. The van der Waals surface area contributed by atoms with E-state index < -0.39 is 0 Å². The highest BCUT2D eigenvalue weighted by atomic mass is 35.5. The number of rotatable bonds is 8. The van der Waals surface area contributed by atoms with E-state index in [1.807, 2.05) is 0 Å². The molecule has 0 fully saturated rings. The largest absolute Gasteiger partial charge is 0.492 e. The zero-order chi connectivity index (χ0) is 15.8.